The van der Waals surface area contributed by atoms with Crippen molar-refractivity contribution in [3.8, 4) is 11.3 Å². The molecule has 6 nitrogen and oxygen atoms in total. The van der Waals surface area contributed by atoms with E-state index in [0.717, 1.165) is 33.5 Å². The van der Waals surface area contributed by atoms with Crippen LogP contribution < -0.4 is 10.6 Å². The van der Waals surface area contributed by atoms with Gasteiger partial charge < -0.3 is 14.1 Å². The molecule has 31 heavy (non-hydrogen) atoms. The van der Waals surface area contributed by atoms with Crippen LogP contribution >= 0.6 is 12.2 Å². The fourth-order valence-corrected chi connectivity index (χ4v) is 3.72. The van der Waals surface area contributed by atoms with Crippen molar-refractivity contribution in [3.05, 3.63) is 90.4 Å². The van der Waals surface area contributed by atoms with E-state index in [2.05, 4.69) is 15.6 Å². The first-order valence-electron chi connectivity index (χ1n) is 9.73. The summed E-state index contributed by atoms with van der Waals surface area (Å²) in [5.41, 5.74) is 4.99. The van der Waals surface area contributed by atoms with Crippen LogP contribution in [0.5, 0.6) is 0 Å². The Kier molecular flexibility index (Phi) is 4.72. The predicted molar refractivity (Wildman–Crippen MR) is 125 cm³/mol. The Labute approximate surface area is 183 Å². The quantitative estimate of drug-likeness (QED) is 0.389. The summed E-state index contributed by atoms with van der Waals surface area (Å²) < 4.78 is 7.67. The first-order chi connectivity index (χ1) is 15.1. The van der Waals surface area contributed by atoms with Gasteiger partial charge in [0, 0.05) is 34.6 Å². The fraction of sp³-hybridized carbons (Fsp3) is 0.0417. The molecule has 1 amide bonds. The summed E-state index contributed by atoms with van der Waals surface area (Å²) in [4.78, 5) is 17.2. The largest absolute Gasteiger partial charge is 0.451 e. The minimum absolute atomic E-state index is 0.199. The Morgan fingerprint density at radius 3 is 2.58 bits per heavy atom. The first kappa shape index (κ1) is 19.0. The van der Waals surface area contributed by atoms with E-state index in [0.29, 0.717) is 5.58 Å². The van der Waals surface area contributed by atoms with Gasteiger partial charge in [-0.1, -0.05) is 36.4 Å². The summed E-state index contributed by atoms with van der Waals surface area (Å²) in [6, 6.07) is 21.1. The lowest BCUT2D eigenvalue weighted by molar-refractivity contribution is 0.0952. The molecule has 152 valence electrons. The van der Waals surface area contributed by atoms with Gasteiger partial charge in [-0.2, -0.15) is 0 Å². The summed E-state index contributed by atoms with van der Waals surface area (Å²) in [6.07, 6.45) is 3.95. The van der Waals surface area contributed by atoms with Crippen molar-refractivity contribution in [2.75, 3.05) is 5.32 Å². The zero-order valence-electron chi connectivity index (χ0n) is 16.6. The first-order valence-corrected chi connectivity index (χ1v) is 10.1. The Balaban J connectivity index is 1.27. The Hall–Kier alpha value is -3.97. The van der Waals surface area contributed by atoms with E-state index < -0.39 is 0 Å². The number of carbonyl (C=O) groups excluding carboxylic acids is 1. The molecule has 0 aliphatic rings. The number of pyridine rings is 1. The number of hydrogen-bond donors (Lipinski definition) is 2. The van der Waals surface area contributed by atoms with Crippen LogP contribution in [0.15, 0.2) is 83.5 Å². The van der Waals surface area contributed by atoms with Crippen LogP contribution in [0.1, 0.15) is 16.1 Å². The molecule has 0 saturated heterocycles. The number of imidazole rings is 1. The van der Waals surface area contributed by atoms with E-state index in [1.165, 1.54) is 0 Å². The standard InChI is InChI=1S/C24H18N4O2S/c1-15-18-6-2-3-7-20(18)30-22(15)23(29)27-24(31)25-17-11-9-16(10-12-17)19-14-28-13-5-4-8-21(28)26-19/h2-14H,1H3,(H2,25,27,29,31). The smallest absolute Gasteiger partial charge is 0.293 e. The van der Waals surface area contributed by atoms with Crippen LogP contribution in [0.3, 0.4) is 0 Å². The van der Waals surface area contributed by atoms with Gasteiger partial charge in [0.05, 0.1) is 5.69 Å². The highest BCUT2D eigenvalue weighted by atomic mass is 32.1. The molecule has 0 radical (unpaired) electrons. The molecule has 5 aromatic rings. The van der Waals surface area contributed by atoms with E-state index in [1.807, 2.05) is 90.4 Å². The van der Waals surface area contributed by atoms with E-state index >= 15 is 0 Å². The Morgan fingerprint density at radius 2 is 1.81 bits per heavy atom. The molecule has 0 saturated carbocycles. The molecule has 3 aromatic heterocycles. The van der Waals surface area contributed by atoms with Crippen LogP contribution in [-0.2, 0) is 0 Å². The Morgan fingerprint density at radius 1 is 1.03 bits per heavy atom. The number of nitrogens with zero attached hydrogens (tertiary/aromatic N) is 2. The molecule has 0 bridgehead atoms. The number of aryl methyl sites for hydroxylation is 1. The number of hydrogen-bond acceptors (Lipinski definition) is 4. The number of nitrogens with one attached hydrogen (secondary N) is 2. The molecular formula is C24H18N4O2S. The SMILES string of the molecule is Cc1c(C(=O)NC(=S)Nc2ccc(-c3cn4ccccc4n3)cc2)oc2ccccc12. The normalized spacial score (nSPS) is 11.0. The van der Waals surface area contributed by atoms with Gasteiger partial charge in [0.2, 0.25) is 0 Å². The number of rotatable bonds is 3. The second-order valence-electron chi connectivity index (χ2n) is 7.13. The van der Waals surface area contributed by atoms with Gasteiger partial charge in [0.15, 0.2) is 10.9 Å². The lowest BCUT2D eigenvalue weighted by Crippen LogP contribution is -2.34. The van der Waals surface area contributed by atoms with Crippen molar-refractivity contribution in [2.24, 2.45) is 0 Å². The lowest BCUT2D eigenvalue weighted by atomic mass is 10.1. The third-order valence-electron chi connectivity index (χ3n) is 5.08. The van der Waals surface area contributed by atoms with Crippen molar-refractivity contribution >= 4 is 45.5 Å². The van der Waals surface area contributed by atoms with Crippen LogP contribution in [0.25, 0.3) is 27.9 Å². The minimum atomic E-state index is -0.382. The number of aromatic nitrogens is 2. The van der Waals surface area contributed by atoms with E-state index in [1.54, 1.807) is 0 Å². The van der Waals surface area contributed by atoms with Gasteiger partial charge in [-0.05, 0) is 49.5 Å². The number of carbonyl (C=O) groups is 1. The third-order valence-corrected chi connectivity index (χ3v) is 5.28. The molecule has 2 N–H and O–H groups in total. The van der Waals surface area contributed by atoms with Gasteiger partial charge >= 0.3 is 0 Å². The number of thiocarbonyl (C=S) groups is 1. The molecule has 7 heteroatoms. The van der Waals surface area contributed by atoms with Crippen LogP contribution in [0.2, 0.25) is 0 Å². The topological polar surface area (TPSA) is 71.6 Å². The van der Waals surface area contributed by atoms with Crippen LogP contribution in [0.4, 0.5) is 5.69 Å². The fourth-order valence-electron chi connectivity index (χ4n) is 3.51. The van der Waals surface area contributed by atoms with Crippen LogP contribution in [-0.4, -0.2) is 20.4 Å². The maximum Gasteiger partial charge on any atom is 0.293 e. The summed E-state index contributed by atoms with van der Waals surface area (Å²) >= 11 is 5.31. The number of para-hydroxylation sites is 1. The van der Waals surface area contributed by atoms with Crippen molar-refractivity contribution in [1.29, 1.82) is 0 Å². The average Bonchev–Trinajstić information content (AvgIpc) is 3.36. The summed E-state index contributed by atoms with van der Waals surface area (Å²) in [5, 5.41) is 6.83. The predicted octanol–water partition coefficient (Wildman–Crippen LogP) is 5.18. The lowest BCUT2D eigenvalue weighted by Gasteiger charge is -2.09. The number of furan rings is 1. The van der Waals surface area contributed by atoms with Gasteiger partial charge in [-0.25, -0.2) is 4.98 Å². The zero-order valence-corrected chi connectivity index (χ0v) is 17.4. The zero-order chi connectivity index (χ0) is 21.4. The van der Waals surface area contributed by atoms with Gasteiger partial charge in [0.25, 0.3) is 5.91 Å². The van der Waals surface area contributed by atoms with Gasteiger partial charge in [-0.3, -0.25) is 10.1 Å². The molecule has 0 atom stereocenters. The monoisotopic (exact) mass is 426 g/mol. The highest BCUT2D eigenvalue weighted by Gasteiger charge is 2.18. The number of amides is 1. The average molecular weight is 427 g/mol. The maximum atomic E-state index is 12.6. The molecule has 0 fully saturated rings. The number of benzene rings is 2. The molecule has 0 spiro atoms. The number of fused-ring (bicyclic) bond motifs is 2. The summed E-state index contributed by atoms with van der Waals surface area (Å²) in [6.45, 7) is 1.86. The highest BCUT2D eigenvalue weighted by Crippen LogP contribution is 2.25. The summed E-state index contributed by atoms with van der Waals surface area (Å²) in [7, 11) is 0. The van der Waals surface area contributed by atoms with E-state index in [9.17, 15) is 4.79 Å². The van der Waals surface area contributed by atoms with Crippen molar-refractivity contribution in [1.82, 2.24) is 14.7 Å². The van der Waals surface area contributed by atoms with Crippen molar-refractivity contribution in [2.45, 2.75) is 6.92 Å². The van der Waals surface area contributed by atoms with Gasteiger partial charge in [-0.15, -0.1) is 0 Å². The third kappa shape index (κ3) is 3.67. The molecule has 0 aliphatic carbocycles. The molecule has 3 heterocycles. The molecular weight excluding hydrogens is 408 g/mol. The van der Waals surface area contributed by atoms with E-state index in [4.69, 9.17) is 16.6 Å². The minimum Gasteiger partial charge on any atom is -0.451 e. The maximum absolute atomic E-state index is 12.6. The summed E-state index contributed by atoms with van der Waals surface area (Å²) in [5.74, 6) is -0.125. The van der Waals surface area contributed by atoms with Crippen molar-refractivity contribution in [3.63, 3.8) is 0 Å². The van der Waals surface area contributed by atoms with Crippen molar-refractivity contribution < 1.29 is 9.21 Å². The second-order valence-corrected chi connectivity index (χ2v) is 7.54. The second kappa shape index (κ2) is 7.70. The van der Waals surface area contributed by atoms with Gasteiger partial charge in [0.1, 0.15) is 11.2 Å². The number of anilines is 1. The van der Waals surface area contributed by atoms with E-state index in [-0.39, 0.29) is 16.8 Å². The molecule has 5 rings (SSSR count). The molecule has 0 unspecified atom stereocenters. The highest BCUT2D eigenvalue weighted by molar-refractivity contribution is 7.80. The van der Waals surface area contributed by atoms with Crippen LogP contribution in [0, 0.1) is 6.92 Å². The molecule has 0 aliphatic heterocycles. The Bertz CT molecular complexity index is 1400. The molecule has 2 aromatic carbocycles.